The summed E-state index contributed by atoms with van der Waals surface area (Å²) in [6, 6.07) is 8.23. The number of nitro benzene ring substituents is 1. The molecule has 1 unspecified atom stereocenters. The summed E-state index contributed by atoms with van der Waals surface area (Å²) in [5, 5.41) is 37.5. The summed E-state index contributed by atoms with van der Waals surface area (Å²) in [5.41, 5.74) is -0.219. The van der Waals surface area contributed by atoms with Gasteiger partial charge < -0.3 is 24.9 Å². The van der Waals surface area contributed by atoms with Crippen LogP contribution in [0.4, 0.5) is 11.4 Å². The zero-order chi connectivity index (χ0) is 28.4. The number of phenols is 1. The van der Waals surface area contributed by atoms with E-state index >= 15 is 0 Å². The lowest BCUT2D eigenvalue weighted by Gasteiger charge is -2.17. The van der Waals surface area contributed by atoms with E-state index in [-0.39, 0.29) is 39.6 Å². The summed E-state index contributed by atoms with van der Waals surface area (Å²) in [4.78, 5) is 14.7. The smallest absolute Gasteiger partial charge is 0.291 e. The highest BCUT2D eigenvalue weighted by atomic mass is 35.5. The number of ether oxygens (including phenoxy) is 1. The van der Waals surface area contributed by atoms with Crippen LogP contribution in [-0.2, 0) is 0 Å². The van der Waals surface area contributed by atoms with E-state index in [1.165, 1.54) is 24.3 Å². The Bertz CT molecular complexity index is 919. The molecule has 0 amide bonds. The van der Waals surface area contributed by atoms with Crippen molar-refractivity contribution >= 4 is 58.6 Å². The normalized spacial score (nSPS) is 11.0. The van der Waals surface area contributed by atoms with Gasteiger partial charge in [-0.25, -0.2) is 5.21 Å². The molecule has 0 aliphatic carbocycles. The number of phenolic OH excluding ortho intramolecular Hbond substituents is 1. The Balaban J connectivity index is 0. The van der Waals surface area contributed by atoms with Crippen LogP contribution < -0.4 is 9.96 Å². The first-order valence-corrected chi connectivity index (χ1v) is 13.1. The van der Waals surface area contributed by atoms with Gasteiger partial charge in [0.15, 0.2) is 5.69 Å². The number of likely N-dealkylation sites (N-methyl/N-ethyl adjacent to an activating group) is 1. The summed E-state index contributed by atoms with van der Waals surface area (Å²) >= 11 is 16.7. The molecule has 0 saturated heterocycles. The highest BCUT2D eigenvalue weighted by Gasteiger charge is 2.13. The third kappa shape index (κ3) is 15.7. The van der Waals surface area contributed by atoms with Gasteiger partial charge >= 0.3 is 0 Å². The molecular formula is C24H38Cl4N4O6. The summed E-state index contributed by atoms with van der Waals surface area (Å²) in [6.07, 6.45) is 0. The zero-order valence-corrected chi connectivity index (χ0v) is 25.1. The van der Waals surface area contributed by atoms with E-state index in [1.54, 1.807) is 6.07 Å². The second kappa shape index (κ2) is 22.2. The zero-order valence-electron chi connectivity index (χ0n) is 22.0. The van der Waals surface area contributed by atoms with Gasteiger partial charge in [-0.3, -0.25) is 10.1 Å². The van der Waals surface area contributed by atoms with E-state index in [2.05, 4.69) is 37.5 Å². The maximum Gasteiger partial charge on any atom is 0.291 e. The van der Waals surface area contributed by atoms with Crippen molar-refractivity contribution in [3.8, 4) is 11.5 Å². The van der Waals surface area contributed by atoms with Crippen molar-refractivity contribution in [2.75, 3.05) is 51.8 Å². The average Bonchev–Trinajstić information content (AvgIpc) is 2.88. The van der Waals surface area contributed by atoms with Crippen LogP contribution in [0.5, 0.6) is 11.5 Å². The summed E-state index contributed by atoms with van der Waals surface area (Å²) < 4.78 is 5.48. The monoisotopic (exact) mass is 618 g/mol. The van der Waals surface area contributed by atoms with Crippen molar-refractivity contribution in [1.82, 2.24) is 9.80 Å². The molecule has 1 atom stereocenters. The van der Waals surface area contributed by atoms with Crippen LogP contribution in [0.2, 0.25) is 10.0 Å². The van der Waals surface area contributed by atoms with Crippen molar-refractivity contribution in [3.63, 3.8) is 0 Å². The van der Waals surface area contributed by atoms with E-state index in [0.717, 1.165) is 51.2 Å². The second-order valence-electron chi connectivity index (χ2n) is 7.43. The van der Waals surface area contributed by atoms with Crippen LogP contribution in [0.3, 0.4) is 0 Å². The van der Waals surface area contributed by atoms with Crippen molar-refractivity contribution in [2.24, 2.45) is 0 Å². The van der Waals surface area contributed by atoms with Crippen molar-refractivity contribution in [1.29, 1.82) is 0 Å². The van der Waals surface area contributed by atoms with Gasteiger partial charge in [-0.1, -0.05) is 50.9 Å². The molecule has 38 heavy (non-hydrogen) atoms. The molecule has 14 heteroatoms. The molecule has 0 heterocycles. The molecule has 0 aromatic heterocycles. The Labute approximate surface area is 245 Å². The van der Waals surface area contributed by atoms with E-state index in [1.807, 2.05) is 0 Å². The molecule has 218 valence electrons. The fourth-order valence-corrected chi connectivity index (χ4v) is 3.52. The molecule has 2 aromatic carbocycles. The van der Waals surface area contributed by atoms with Gasteiger partial charge in [-0.05, 0) is 50.4 Å². The minimum atomic E-state index is -1.15. The number of nitro groups is 1. The second-order valence-corrected chi connectivity index (χ2v) is 8.62. The lowest BCUT2D eigenvalue weighted by Crippen LogP contribution is -2.99. The quantitative estimate of drug-likeness (QED) is 0.164. The predicted molar refractivity (Wildman–Crippen MR) is 156 cm³/mol. The number of alkyl halides is 1. The van der Waals surface area contributed by atoms with E-state index in [4.69, 9.17) is 49.9 Å². The van der Waals surface area contributed by atoms with Crippen LogP contribution in [0.25, 0.3) is 0 Å². The number of halogens is 4. The Morgan fingerprint density at radius 3 is 1.89 bits per heavy atom. The molecule has 0 fully saturated rings. The fraction of sp³-hybridized carbons (Fsp3) is 0.500. The first kappa shape index (κ1) is 38.5. The Morgan fingerprint density at radius 1 is 0.947 bits per heavy atom. The Hall–Kier alpha value is -1.60. The van der Waals surface area contributed by atoms with Crippen LogP contribution in [0.1, 0.15) is 27.7 Å². The van der Waals surface area contributed by atoms with E-state index in [9.17, 15) is 15.3 Å². The highest BCUT2D eigenvalue weighted by Crippen LogP contribution is 2.28. The van der Waals surface area contributed by atoms with Crippen LogP contribution in [-0.4, -0.2) is 76.8 Å². The molecule has 2 aromatic rings. The average molecular weight is 620 g/mol. The molecule has 0 radical (unpaired) electrons. The maximum absolute atomic E-state index is 10.7. The van der Waals surface area contributed by atoms with Crippen molar-refractivity contribution in [3.05, 3.63) is 61.8 Å². The Kier molecular flexibility index (Phi) is 22.6. The molecule has 0 bridgehead atoms. The van der Waals surface area contributed by atoms with Crippen LogP contribution in [0.15, 0.2) is 36.4 Å². The number of hydrogen-bond donors (Lipinski definition) is 3. The lowest BCUT2D eigenvalue weighted by atomic mass is 10.3. The van der Waals surface area contributed by atoms with Gasteiger partial charge in [0.1, 0.15) is 28.2 Å². The minimum Gasteiger partial charge on any atom is -0.595 e. The van der Waals surface area contributed by atoms with Crippen LogP contribution in [0, 0.1) is 15.3 Å². The number of rotatable bonds is 12. The lowest BCUT2D eigenvalue weighted by molar-refractivity contribution is -0.991. The highest BCUT2D eigenvalue weighted by molar-refractivity contribution is 6.33. The van der Waals surface area contributed by atoms with Gasteiger partial charge in [0.2, 0.25) is 0 Å². The van der Waals surface area contributed by atoms with Gasteiger partial charge in [-0.2, -0.15) is 5.23 Å². The third-order valence-electron chi connectivity index (χ3n) is 5.16. The minimum absolute atomic E-state index is 0. The SMILES string of the molecule is CCN(CC)CCCl.CCN(CC)CCOc1ccc(Cl)c([N+](=O)[O-])c1.Cl.[O-][NH+](O)c1cc(O)ccc1Cl. The predicted octanol–water partition coefficient (Wildman–Crippen LogP) is 5.41. The topological polar surface area (TPSA) is 127 Å². The molecule has 0 spiro atoms. The number of quaternary nitrogens is 1. The largest absolute Gasteiger partial charge is 0.595 e. The van der Waals surface area contributed by atoms with Crippen LogP contribution >= 0.6 is 47.2 Å². The Morgan fingerprint density at radius 2 is 1.47 bits per heavy atom. The molecule has 2 rings (SSSR count). The number of hydrogen-bond acceptors (Lipinski definition) is 8. The molecule has 3 N–H and O–H groups in total. The number of benzene rings is 2. The number of aromatic hydroxyl groups is 1. The van der Waals surface area contributed by atoms with Gasteiger partial charge in [0, 0.05) is 25.0 Å². The number of nitrogens with zero attached hydrogens (tertiary/aromatic N) is 3. The summed E-state index contributed by atoms with van der Waals surface area (Å²) in [5.74, 6) is 1.12. The maximum atomic E-state index is 10.7. The van der Waals surface area contributed by atoms with E-state index in [0.29, 0.717) is 12.4 Å². The van der Waals surface area contributed by atoms with Gasteiger partial charge in [0.05, 0.1) is 11.0 Å². The first-order chi connectivity index (χ1) is 17.5. The van der Waals surface area contributed by atoms with Gasteiger partial charge in [-0.15, -0.1) is 24.0 Å². The standard InChI is InChI=1S/C12H17ClN2O3.C6H6ClNO3.C6H14ClN.ClH/c1-3-14(4-2)7-8-18-10-5-6-11(13)12(9-10)15(16)17;7-5-2-1-4(9)3-6(5)8(10)11;1-3-8(4-2)6-5-7;/h5-6,9H,3-4,7-8H2,1-2H3;1-3,8-10H;3-6H2,1-2H3;1H. The molecule has 0 aliphatic heterocycles. The molecule has 0 aliphatic rings. The first-order valence-electron chi connectivity index (χ1n) is 11.8. The number of nitrogens with one attached hydrogen (secondary N) is 1. The van der Waals surface area contributed by atoms with Gasteiger partial charge in [0.25, 0.3) is 5.69 Å². The molecule has 10 nitrogen and oxygen atoms in total. The third-order valence-corrected chi connectivity index (χ3v) is 5.98. The van der Waals surface area contributed by atoms with Crippen molar-refractivity contribution < 1.29 is 25.2 Å². The van der Waals surface area contributed by atoms with E-state index < -0.39 is 10.1 Å². The van der Waals surface area contributed by atoms with Crippen molar-refractivity contribution in [2.45, 2.75) is 27.7 Å². The molecule has 0 saturated carbocycles. The molecular weight excluding hydrogens is 582 g/mol. The summed E-state index contributed by atoms with van der Waals surface area (Å²) in [6.45, 7) is 14.9. The fourth-order valence-electron chi connectivity index (χ4n) is 2.89. The summed E-state index contributed by atoms with van der Waals surface area (Å²) in [7, 11) is 0.